The van der Waals surface area contributed by atoms with E-state index in [0.717, 1.165) is 0 Å². The third-order valence-corrected chi connectivity index (χ3v) is 2.69. The minimum atomic E-state index is -0.283. The topological polar surface area (TPSA) is 92.4 Å². The van der Waals surface area contributed by atoms with Gasteiger partial charge in [-0.2, -0.15) is 4.98 Å². The third kappa shape index (κ3) is 3.11. The first-order valence-corrected chi connectivity index (χ1v) is 6.20. The van der Waals surface area contributed by atoms with Gasteiger partial charge in [-0.25, -0.2) is 4.98 Å². The van der Waals surface area contributed by atoms with Crippen LogP contribution in [0.3, 0.4) is 0 Å². The van der Waals surface area contributed by atoms with Crippen LogP contribution in [0.4, 0.5) is 0 Å². The second-order valence-electron chi connectivity index (χ2n) is 4.76. The number of amides is 1. The lowest BCUT2D eigenvalue weighted by molar-refractivity contribution is 0.0763. The van der Waals surface area contributed by atoms with Crippen molar-refractivity contribution in [1.82, 2.24) is 20.0 Å². The van der Waals surface area contributed by atoms with Crippen LogP contribution in [0.1, 0.15) is 42.0 Å². The zero-order valence-corrected chi connectivity index (χ0v) is 11.6. The molecule has 0 aliphatic rings. The minimum absolute atomic E-state index is 0.0164. The normalized spacial score (nSPS) is 10.8. The van der Waals surface area contributed by atoms with Crippen LogP contribution in [-0.2, 0) is 6.54 Å². The average molecular weight is 276 g/mol. The van der Waals surface area contributed by atoms with Crippen molar-refractivity contribution in [3.8, 4) is 5.75 Å². The molecule has 106 valence electrons. The second-order valence-corrected chi connectivity index (χ2v) is 4.76. The van der Waals surface area contributed by atoms with E-state index in [-0.39, 0.29) is 29.8 Å². The van der Waals surface area contributed by atoms with Crippen LogP contribution in [0.5, 0.6) is 5.75 Å². The summed E-state index contributed by atoms with van der Waals surface area (Å²) >= 11 is 0. The fraction of sp³-hybridized carbons (Fsp3) is 0.385. The van der Waals surface area contributed by atoms with Crippen LogP contribution >= 0.6 is 0 Å². The Balaban J connectivity index is 2.05. The molecule has 20 heavy (non-hydrogen) atoms. The molecule has 2 aromatic rings. The van der Waals surface area contributed by atoms with Crippen molar-refractivity contribution < 1.29 is 14.4 Å². The summed E-state index contributed by atoms with van der Waals surface area (Å²) in [7, 11) is 1.62. The molecule has 0 radical (unpaired) electrons. The summed E-state index contributed by atoms with van der Waals surface area (Å²) in [5.41, 5.74) is 0.244. The van der Waals surface area contributed by atoms with Crippen LogP contribution in [0.25, 0.3) is 0 Å². The maximum Gasteiger partial charge on any atom is 0.272 e. The predicted octanol–water partition coefficient (Wildman–Crippen LogP) is 1.57. The highest BCUT2D eigenvalue weighted by molar-refractivity contribution is 5.92. The smallest absolute Gasteiger partial charge is 0.272 e. The van der Waals surface area contributed by atoms with E-state index in [2.05, 4.69) is 15.1 Å². The van der Waals surface area contributed by atoms with Gasteiger partial charge in [0.05, 0.1) is 6.20 Å². The molecule has 2 rings (SSSR count). The molecule has 0 spiro atoms. The van der Waals surface area contributed by atoms with Crippen LogP contribution < -0.4 is 0 Å². The average Bonchev–Trinajstić information content (AvgIpc) is 2.87. The van der Waals surface area contributed by atoms with E-state index in [1.165, 1.54) is 23.2 Å². The molecule has 0 aromatic carbocycles. The Bertz CT molecular complexity index is 592. The van der Waals surface area contributed by atoms with Crippen molar-refractivity contribution in [2.75, 3.05) is 7.05 Å². The fourth-order valence-corrected chi connectivity index (χ4v) is 1.55. The number of hydrogen-bond donors (Lipinski definition) is 1. The molecule has 0 bridgehead atoms. The first kappa shape index (κ1) is 14.0. The summed E-state index contributed by atoms with van der Waals surface area (Å²) in [6.45, 7) is 4.13. The molecule has 0 atom stereocenters. The van der Waals surface area contributed by atoms with E-state index in [4.69, 9.17) is 9.63 Å². The second kappa shape index (κ2) is 5.68. The van der Waals surface area contributed by atoms with Crippen LogP contribution in [-0.4, -0.2) is 38.1 Å². The number of rotatable bonds is 4. The number of aromatic nitrogens is 3. The summed E-state index contributed by atoms with van der Waals surface area (Å²) in [6, 6.07) is 2.87. The van der Waals surface area contributed by atoms with Gasteiger partial charge in [-0.15, -0.1) is 0 Å². The summed E-state index contributed by atoms with van der Waals surface area (Å²) in [4.78, 5) is 21.6. The number of pyridine rings is 1. The lowest BCUT2D eigenvalue weighted by Gasteiger charge is -2.13. The fourth-order valence-electron chi connectivity index (χ4n) is 1.55. The molecule has 0 fully saturated rings. The summed E-state index contributed by atoms with van der Waals surface area (Å²) in [5, 5.41) is 13.0. The first-order chi connectivity index (χ1) is 9.47. The Kier molecular flexibility index (Phi) is 3.97. The SMILES string of the molecule is CC(C)c1noc(CN(C)C(=O)c2ccc(O)cn2)n1. The number of hydrogen-bond acceptors (Lipinski definition) is 6. The van der Waals surface area contributed by atoms with Gasteiger partial charge < -0.3 is 14.5 Å². The van der Waals surface area contributed by atoms with Crippen LogP contribution in [0.2, 0.25) is 0 Å². The highest BCUT2D eigenvalue weighted by atomic mass is 16.5. The first-order valence-electron chi connectivity index (χ1n) is 6.20. The van der Waals surface area contributed by atoms with Crippen molar-refractivity contribution in [2.24, 2.45) is 0 Å². The molecule has 0 aliphatic heterocycles. The number of carbonyl (C=O) groups excluding carboxylic acids is 1. The summed E-state index contributed by atoms with van der Waals surface area (Å²) in [6.07, 6.45) is 1.23. The maximum absolute atomic E-state index is 12.1. The van der Waals surface area contributed by atoms with Crippen molar-refractivity contribution in [3.63, 3.8) is 0 Å². The van der Waals surface area contributed by atoms with Crippen molar-refractivity contribution in [3.05, 3.63) is 35.7 Å². The predicted molar refractivity (Wildman–Crippen MR) is 70.1 cm³/mol. The highest BCUT2D eigenvalue weighted by Crippen LogP contribution is 2.12. The number of carbonyl (C=O) groups is 1. The van der Waals surface area contributed by atoms with Crippen molar-refractivity contribution in [2.45, 2.75) is 26.3 Å². The van der Waals surface area contributed by atoms with E-state index in [9.17, 15) is 4.79 Å². The molecule has 1 N–H and O–H groups in total. The molecule has 2 heterocycles. The van der Waals surface area contributed by atoms with Gasteiger partial charge >= 0.3 is 0 Å². The van der Waals surface area contributed by atoms with Crippen LogP contribution in [0, 0.1) is 0 Å². The monoisotopic (exact) mass is 276 g/mol. The zero-order chi connectivity index (χ0) is 14.7. The van der Waals surface area contributed by atoms with Gasteiger partial charge in [-0.3, -0.25) is 4.79 Å². The molecule has 0 unspecified atom stereocenters. The lowest BCUT2D eigenvalue weighted by atomic mass is 10.2. The zero-order valence-electron chi connectivity index (χ0n) is 11.6. The largest absolute Gasteiger partial charge is 0.506 e. The van der Waals surface area contributed by atoms with E-state index in [1.807, 2.05) is 13.8 Å². The molecule has 7 heteroatoms. The quantitative estimate of drug-likeness (QED) is 0.911. The van der Waals surface area contributed by atoms with Crippen LogP contribution in [0.15, 0.2) is 22.9 Å². The Labute approximate surface area is 116 Å². The number of aromatic hydroxyl groups is 1. The van der Waals surface area contributed by atoms with Crippen molar-refractivity contribution >= 4 is 5.91 Å². The summed E-state index contributed by atoms with van der Waals surface area (Å²) < 4.78 is 5.09. The van der Waals surface area contributed by atoms with Gasteiger partial charge in [0.25, 0.3) is 5.91 Å². The number of nitrogens with zero attached hydrogens (tertiary/aromatic N) is 4. The molecule has 0 aliphatic carbocycles. The minimum Gasteiger partial charge on any atom is -0.506 e. The molecule has 1 amide bonds. The van der Waals surface area contributed by atoms with E-state index >= 15 is 0 Å². The molecule has 7 nitrogen and oxygen atoms in total. The molecule has 0 saturated heterocycles. The van der Waals surface area contributed by atoms with Crippen molar-refractivity contribution in [1.29, 1.82) is 0 Å². The van der Waals surface area contributed by atoms with Gasteiger partial charge in [0.2, 0.25) is 5.89 Å². The maximum atomic E-state index is 12.1. The Hall–Kier alpha value is -2.44. The third-order valence-electron chi connectivity index (χ3n) is 2.69. The van der Waals surface area contributed by atoms with E-state index < -0.39 is 0 Å². The Morgan fingerprint density at radius 3 is 2.75 bits per heavy atom. The molecular formula is C13H16N4O3. The van der Waals surface area contributed by atoms with E-state index in [0.29, 0.717) is 11.7 Å². The standard InChI is InChI=1S/C13H16N4O3/c1-8(2)12-15-11(20-16-12)7-17(3)13(19)10-5-4-9(18)6-14-10/h4-6,8,18H,7H2,1-3H3. The Morgan fingerprint density at radius 2 is 2.20 bits per heavy atom. The lowest BCUT2D eigenvalue weighted by Crippen LogP contribution is -2.27. The molecular weight excluding hydrogens is 260 g/mol. The molecule has 2 aromatic heterocycles. The van der Waals surface area contributed by atoms with Gasteiger partial charge in [-0.1, -0.05) is 19.0 Å². The highest BCUT2D eigenvalue weighted by Gasteiger charge is 2.17. The summed E-state index contributed by atoms with van der Waals surface area (Å²) in [5.74, 6) is 0.899. The van der Waals surface area contributed by atoms with Gasteiger partial charge in [0.1, 0.15) is 18.0 Å². The Morgan fingerprint density at radius 1 is 1.45 bits per heavy atom. The van der Waals surface area contributed by atoms with Gasteiger partial charge in [-0.05, 0) is 12.1 Å². The van der Waals surface area contributed by atoms with E-state index in [1.54, 1.807) is 7.05 Å². The van der Waals surface area contributed by atoms with Gasteiger partial charge in [0, 0.05) is 13.0 Å². The molecule has 0 saturated carbocycles. The van der Waals surface area contributed by atoms with Gasteiger partial charge in [0.15, 0.2) is 5.82 Å².